The maximum absolute atomic E-state index is 13.1. The molecule has 0 spiro atoms. The number of halogens is 3. The largest absolute Gasteiger partial charge is 0.401 e. The third-order valence-electron chi connectivity index (χ3n) is 5.30. The van der Waals surface area contributed by atoms with Gasteiger partial charge in [0.1, 0.15) is 23.2 Å². The summed E-state index contributed by atoms with van der Waals surface area (Å²) >= 11 is 0. The highest BCUT2D eigenvalue weighted by Gasteiger charge is 2.51. The Morgan fingerprint density at radius 3 is 2.50 bits per heavy atom. The second-order valence-electron chi connectivity index (χ2n) is 8.61. The van der Waals surface area contributed by atoms with Gasteiger partial charge in [0.05, 0.1) is 17.7 Å². The Hall–Kier alpha value is -3.45. The molecule has 1 atom stereocenters. The zero-order valence-corrected chi connectivity index (χ0v) is 19.0. The standard InChI is InChI=1S/C21H26F3N7O3/c1-10(2)31-18(25)16(19(26)33)17(29-31)12-6-5-11(9-27-12)7-15(32)28-14-8-13(34-30-14)20(3,4)21(22,23)24/h5-6,8-10,19,33H,7,25-26H2,1-4H3,(H,28,30,32). The second-order valence-corrected chi connectivity index (χ2v) is 8.61. The van der Waals surface area contributed by atoms with Crippen LogP contribution in [-0.2, 0) is 16.6 Å². The third-order valence-corrected chi connectivity index (χ3v) is 5.30. The molecule has 1 amide bonds. The molecule has 184 valence electrons. The Kier molecular flexibility index (Phi) is 6.71. The van der Waals surface area contributed by atoms with E-state index in [1.54, 1.807) is 12.1 Å². The van der Waals surface area contributed by atoms with Crippen molar-refractivity contribution in [1.29, 1.82) is 0 Å². The molecule has 3 heterocycles. The Morgan fingerprint density at radius 2 is 1.97 bits per heavy atom. The van der Waals surface area contributed by atoms with Gasteiger partial charge >= 0.3 is 6.18 Å². The fraction of sp³-hybridized carbons (Fsp3) is 0.429. The van der Waals surface area contributed by atoms with E-state index in [1.165, 1.54) is 10.9 Å². The minimum Gasteiger partial charge on any atom is -0.384 e. The zero-order valence-electron chi connectivity index (χ0n) is 19.0. The normalized spacial score (nSPS) is 13.4. The van der Waals surface area contributed by atoms with Crippen molar-refractivity contribution in [3.8, 4) is 11.4 Å². The van der Waals surface area contributed by atoms with Crippen LogP contribution in [0.3, 0.4) is 0 Å². The summed E-state index contributed by atoms with van der Waals surface area (Å²) in [5.74, 6) is -0.839. The topological polar surface area (TPSA) is 158 Å². The smallest absolute Gasteiger partial charge is 0.384 e. The first-order chi connectivity index (χ1) is 15.7. The monoisotopic (exact) mass is 481 g/mol. The van der Waals surface area contributed by atoms with Crippen LogP contribution in [0.15, 0.2) is 28.9 Å². The van der Waals surface area contributed by atoms with Gasteiger partial charge < -0.3 is 26.4 Å². The van der Waals surface area contributed by atoms with Crippen LogP contribution in [0.25, 0.3) is 11.4 Å². The van der Waals surface area contributed by atoms with Crippen molar-refractivity contribution in [3.63, 3.8) is 0 Å². The van der Waals surface area contributed by atoms with Crippen molar-refractivity contribution >= 4 is 17.5 Å². The molecule has 0 bridgehead atoms. The highest BCUT2D eigenvalue weighted by atomic mass is 19.4. The summed E-state index contributed by atoms with van der Waals surface area (Å²) in [6, 6.07) is 4.19. The van der Waals surface area contributed by atoms with Crippen molar-refractivity contribution in [2.45, 2.75) is 58.0 Å². The lowest BCUT2D eigenvalue weighted by Crippen LogP contribution is -2.35. The second kappa shape index (κ2) is 9.06. The molecule has 0 fully saturated rings. The fourth-order valence-electron chi connectivity index (χ4n) is 3.14. The number of aromatic nitrogens is 4. The van der Waals surface area contributed by atoms with Gasteiger partial charge in [-0.1, -0.05) is 11.2 Å². The number of nitrogen functional groups attached to an aromatic ring is 1. The van der Waals surface area contributed by atoms with E-state index in [0.717, 1.165) is 19.9 Å². The van der Waals surface area contributed by atoms with Crippen molar-refractivity contribution in [3.05, 3.63) is 41.3 Å². The average molecular weight is 481 g/mol. The van der Waals surface area contributed by atoms with Gasteiger partial charge in [-0.05, 0) is 39.3 Å². The van der Waals surface area contributed by atoms with E-state index in [-0.39, 0.29) is 29.7 Å². The number of hydrogen-bond donors (Lipinski definition) is 4. The number of aliphatic hydroxyl groups excluding tert-OH is 1. The van der Waals surface area contributed by atoms with Crippen molar-refractivity contribution < 1.29 is 27.6 Å². The van der Waals surface area contributed by atoms with Crippen LogP contribution in [0, 0.1) is 0 Å². The highest BCUT2D eigenvalue weighted by molar-refractivity contribution is 5.91. The molecular formula is C21H26F3N7O3. The number of carbonyl (C=O) groups is 1. The van der Waals surface area contributed by atoms with Crippen LogP contribution in [0.4, 0.5) is 24.8 Å². The summed E-state index contributed by atoms with van der Waals surface area (Å²) in [5.41, 5.74) is 10.9. The Morgan fingerprint density at radius 1 is 1.29 bits per heavy atom. The first kappa shape index (κ1) is 25.2. The van der Waals surface area contributed by atoms with Crippen LogP contribution in [0.2, 0.25) is 0 Å². The van der Waals surface area contributed by atoms with E-state index in [4.69, 9.17) is 16.0 Å². The number of aliphatic hydroxyl groups is 1. The minimum atomic E-state index is -4.54. The Bertz CT molecular complexity index is 1170. The maximum Gasteiger partial charge on any atom is 0.401 e. The molecule has 0 saturated heterocycles. The SMILES string of the molecule is CC(C)n1nc(-c2ccc(CC(=O)Nc3cc(C(C)(C)C(F)(F)F)on3)cn2)c(C(N)O)c1N. The molecule has 6 N–H and O–H groups in total. The van der Waals surface area contributed by atoms with Gasteiger partial charge in [-0.2, -0.15) is 18.3 Å². The number of alkyl halides is 3. The number of anilines is 2. The summed E-state index contributed by atoms with van der Waals surface area (Å²) in [6.45, 7) is 5.66. The molecule has 0 aromatic carbocycles. The number of pyridine rings is 1. The lowest BCUT2D eigenvalue weighted by molar-refractivity contribution is -0.185. The van der Waals surface area contributed by atoms with E-state index >= 15 is 0 Å². The molecule has 0 aliphatic heterocycles. The molecule has 0 radical (unpaired) electrons. The van der Waals surface area contributed by atoms with Gasteiger partial charge in [0, 0.05) is 18.3 Å². The highest BCUT2D eigenvalue weighted by Crippen LogP contribution is 2.41. The molecule has 10 nitrogen and oxygen atoms in total. The number of nitrogens with two attached hydrogens (primary N) is 2. The molecular weight excluding hydrogens is 455 g/mol. The summed E-state index contributed by atoms with van der Waals surface area (Å²) < 4.78 is 45.8. The van der Waals surface area contributed by atoms with Crippen molar-refractivity contribution in [1.82, 2.24) is 19.9 Å². The van der Waals surface area contributed by atoms with Crippen LogP contribution in [0.1, 0.15) is 56.9 Å². The molecule has 13 heteroatoms. The first-order valence-corrected chi connectivity index (χ1v) is 10.3. The predicted octanol–water partition coefficient (Wildman–Crippen LogP) is 3.07. The molecule has 3 aromatic rings. The number of carbonyl (C=O) groups excluding carboxylic acids is 1. The number of rotatable bonds is 7. The van der Waals surface area contributed by atoms with E-state index in [2.05, 4.69) is 20.6 Å². The van der Waals surface area contributed by atoms with Gasteiger partial charge in [0.15, 0.2) is 11.6 Å². The molecule has 3 rings (SSSR count). The summed E-state index contributed by atoms with van der Waals surface area (Å²) in [6.07, 6.45) is -4.58. The molecule has 0 aliphatic carbocycles. The number of hydrogen-bond acceptors (Lipinski definition) is 8. The minimum absolute atomic E-state index is 0.0760. The van der Waals surface area contributed by atoms with E-state index < -0.39 is 29.5 Å². The molecule has 0 aliphatic rings. The van der Waals surface area contributed by atoms with Gasteiger partial charge in [-0.25, -0.2) is 4.68 Å². The fourth-order valence-corrected chi connectivity index (χ4v) is 3.14. The van der Waals surface area contributed by atoms with Crippen LogP contribution < -0.4 is 16.8 Å². The molecule has 1 unspecified atom stereocenters. The van der Waals surface area contributed by atoms with E-state index in [0.29, 0.717) is 17.0 Å². The lowest BCUT2D eigenvalue weighted by atomic mass is 9.89. The summed E-state index contributed by atoms with van der Waals surface area (Å²) in [4.78, 5) is 16.6. The third kappa shape index (κ3) is 4.89. The first-order valence-electron chi connectivity index (χ1n) is 10.3. The van der Waals surface area contributed by atoms with Gasteiger partial charge in [0.2, 0.25) is 5.91 Å². The van der Waals surface area contributed by atoms with Crippen LogP contribution in [-0.4, -0.2) is 37.1 Å². The van der Waals surface area contributed by atoms with Gasteiger partial charge in [-0.3, -0.25) is 9.78 Å². The molecule has 0 saturated carbocycles. The number of nitrogens with zero attached hydrogens (tertiary/aromatic N) is 4. The van der Waals surface area contributed by atoms with Crippen molar-refractivity contribution in [2.75, 3.05) is 11.1 Å². The zero-order chi connectivity index (χ0) is 25.4. The quantitative estimate of drug-likeness (QED) is 0.375. The molecule has 34 heavy (non-hydrogen) atoms. The van der Waals surface area contributed by atoms with E-state index in [1.807, 2.05) is 13.8 Å². The van der Waals surface area contributed by atoms with Gasteiger partial charge in [-0.15, -0.1) is 0 Å². The number of amides is 1. The summed E-state index contributed by atoms with van der Waals surface area (Å²) in [7, 11) is 0. The maximum atomic E-state index is 13.1. The van der Waals surface area contributed by atoms with Crippen LogP contribution in [0.5, 0.6) is 0 Å². The average Bonchev–Trinajstić information content (AvgIpc) is 3.32. The van der Waals surface area contributed by atoms with Crippen LogP contribution >= 0.6 is 0 Å². The lowest BCUT2D eigenvalue weighted by Gasteiger charge is -2.24. The Labute approximate surface area is 193 Å². The van der Waals surface area contributed by atoms with Gasteiger partial charge in [0.25, 0.3) is 0 Å². The molecule has 3 aromatic heterocycles. The Balaban J connectivity index is 1.73. The summed E-state index contributed by atoms with van der Waals surface area (Å²) in [5, 5.41) is 20.2. The van der Waals surface area contributed by atoms with E-state index in [9.17, 15) is 23.1 Å². The number of nitrogens with one attached hydrogen (secondary N) is 1. The van der Waals surface area contributed by atoms with Crippen molar-refractivity contribution in [2.24, 2.45) is 5.73 Å². The predicted molar refractivity (Wildman–Crippen MR) is 117 cm³/mol.